The van der Waals surface area contributed by atoms with E-state index in [1.807, 2.05) is 0 Å². The average Bonchev–Trinajstić information content (AvgIpc) is 2.50. The van der Waals surface area contributed by atoms with Crippen molar-refractivity contribution in [2.24, 2.45) is 0 Å². The largest absolute Gasteiger partial charge is 0.573 e. The monoisotopic (exact) mass is 377 g/mol. The van der Waals surface area contributed by atoms with Crippen molar-refractivity contribution < 1.29 is 30.7 Å². The van der Waals surface area contributed by atoms with Gasteiger partial charge >= 0.3 is 6.36 Å². The van der Waals surface area contributed by atoms with Gasteiger partial charge in [0.1, 0.15) is 11.6 Å². The molecule has 0 fully saturated rings. The minimum Gasteiger partial charge on any atom is -0.405 e. The van der Waals surface area contributed by atoms with E-state index in [2.05, 4.69) is 4.74 Å². The van der Waals surface area contributed by atoms with Crippen LogP contribution in [0.4, 0.5) is 17.6 Å². The molecule has 9 heteroatoms. The maximum atomic E-state index is 13.4. The van der Waals surface area contributed by atoms with Crippen molar-refractivity contribution in [2.45, 2.75) is 24.7 Å². The van der Waals surface area contributed by atoms with Crippen molar-refractivity contribution in [3.8, 4) is 5.75 Å². The van der Waals surface area contributed by atoms with E-state index in [1.165, 1.54) is 38.2 Å². The molecule has 0 atom stereocenters. The van der Waals surface area contributed by atoms with Crippen LogP contribution in [0.3, 0.4) is 0 Å². The van der Waals surface area contributed by atoms with Crippen LogP contribution < -0.4 is 4.74 Å². The molecule has 0 unspecified atom stereocenters. The fourth-order valence-corrected chi connectivity index (χ4v) is 3.58. The fraction of sp³-hybridized carbons (Fsp3) is 0.250. The summed E-state index contributed by atoms with van der Waals surface area (Å²) in [7, 11) is -2.90. The third kappa shape index (κ3) is 4.70. The van der Waals surface area contributed by atoms with Crippen molar-refractivity contribution >= 4 is 10.0 Å². The Morgan fingerprint density at radius 1 is 1.12 bits per heavy atom. The highest BCUT2D eigenvalue weighted by molar-refractivity contribution is 7.89. The molecule has 0 amide bonds. The Kier molecular flexibility index (Phi) is 5.38. The smallest absolute Gasteiger partial charge is 0.405 e. The van der Waals surface area contributed by atoms with Gasteiger partial charge in [0.05, 0.1) is 4.90 Å². The number of para-hydroxylation sites is 1. The van der Waals surface area contributed by atoms with E-state index in [-0.39, 0.29) is 17.0 Å². The lowest BCUT2D eigenvalue weighted by molar-refractivity contribution is -0.274. The van der Waals surface area contributed by atoms with Crippen molar-refractivity contribution in [1.82, 2.24) is 4.31 Å². The Morgan fingerprint density at radius 2 is 1.76 bits per heavy atom. The molecule has 0 aromatic heterocycles. The summed E-state index contributed by atoms with van der Waals surface area (Å²) in [6.07, 6.45) is -4.90. The van der Waals surface area contributed by atoms with Gasteiger partial charge in [0.15, 0.2) is 0 Å². The van der Waals surface area contributed by atoms with Crippen LogP contribution in [-0.4, -0.2) is 26.1 Å². The lowest BCUT2D eigenvalue weighted by atomic mass is 10.2. The average molecular weight is 377 g/mol. The molecule has 2 aromatic carbocycles. The summed E-state index contributed by atoms with van der Waals surface area (Å²) in [6.45, 7) is 1.13. The fourth-order valence-electron chi connectivity index (χ4n) is 2.20. The van der Waals surface area contributed by atoms with Gasteiger partial charge in [-0.25, -0.2) is 12.8 Å². The van der Waals surface area contributed by atoms with Gasteiger partial charge in [-0.15, -0.1) is 13.2 Å². The second-order valence-corrected chi connectivity index (χ2v) is 7.34. The summed E-state index contributed by atoms with van der Waals surface area (Å²) in [5.74, 6) is -1.22. The van der Waals surface area contributed by atoms with E-state index in [0.717, 1.165) is 22.5 Å². The molecule has 0 saturated carbocycles. The summed E-state index contributed by atoms with van der Waals surface area (Å²) in [5.41, 5.74) is 0.355. The van der Waals surface area contributed by atoms with Crippen LogP contribution in [0, 0.1) is 12.7 Å². The number of sulfonamides is 1. The second kappa shape index (κ2) is 7.01. The van der Waals surface area contributed by atoms with Gasteiger partial charge in [-0.05, 0) is 30.7 Å². The maximum Gasteiger partial charge on any atom is 0.573 e. The number of rotatable bonds is 5. The lowest BCUT2D eigenvalue weighted by Gasteiger charge is -2.20. The molecule has 0 bridgehead atoms. The number of ether oxygens (including phenoxy) is 1. The second-order valence-electron chi connectivity index (χ2n) is 5.33. The molecule has 136 valence electrons. The van der Waals surface area contributed by atoms with Crippen molar-refractivity contribution in [1.29, 1.82) is 0 Å². The van der Waals surface area contributed by atoms with Crippen molar-refractivity contribution in [3.05, 3.63) is 59.4 Å². The molecule has 2 aromatic rings. The third-order valence-electron chi connectivity index (χ3n) is 3.43. The minimum absolute atomic E-state index is 0.0277. The molecule has 25 heavy (non-hydrogen) atoms. The summed E-state index contributed by atoms with van der Waals surface area (Å²) in [5, 5.41) is 0. The Bertz CT molecular complexity index is 866. The topological polar surface area (TPSA) is 46.6 Å². The van der Waals surface area contributed by atoms with E-state index in [4.69, 9.17) is 0 Å². The van der Waals surface area contributed by atoms with Gasteiger partial charge in [0.2, 0.25) is 10.0 Å². The number of halogens is 4. The van der Waals surface area contributed by atoms with E-state index in [0.29, 0.717) is 5.56 Å². The van der Waals surface area contributed by atoms with Gasteiger partial charge in [-0.1, -0.05) is 24.3 Å². The standard InChI is InChI=1S/C16H15F4NO3S/c1-11-7-8-13(17)9-15(11)25(22,23)21(2)10-12-5-3-4-6-14(12)24-16(18,19)20/h3-9H,10H2,1-2H3. The number of alkyl halides is 3. The van der Waals surface area contributed by atoms with Crippen LogP contribution in [0.1, 0.15) is 11.1 Å². The highest BCUT2D eigenvalue weighted by Crippen LogP contribution is 2.28. The Labute approximate surface area is 142 Å². The number of benzene rings is 2. The molecule has 0 radical (unpaired) electrons. The molecular formula is C16H15F4NO3S. The van der Waals surface area contributed by atoms with Crippen LogP contribution in [0.15, 0.2) is 47.4 Å². The Hall–Kier alpha value is -2.13. The molecule has 0 aliphatic heterocycles. The van der Waals surface area contributed by atoms with Crippen LogP contribution in [0.5, 0.6) is 5.75 Å². The molecule has 4 nitrogen and oxygen atoms in total. The van der Waals surface area contributed by atoms with Crippen molar-refractivity contribution in [3.63, 3.8) is 0 Å². The van der Waals surface area contributed by atoms with Crippen LogP contribution in [-0.2, 0) is 16.6 Å². The number of hydrogen-bond acceptors (Lipinski definition) is 3. The number of hydrogen-bond donors (Lipinski definition) is 0. The zero-order chi connectivity index (χ0) is 18.8. The zero-order valence-corrected chi connectivity index (χ0v) is 14.2. The quantitative estimate of drug-likeness (QED) is 0.744. The van der Waals surface area contributed by atoms with Crippen LogP contribution in [0.2, 0.25) is 0 Å². The number of aryl methyl sites for hydroxylation is 1. The Balaban J connectivity index is 2.33. The van der Waals surface area contributed by atoms with Crippen molar-refractivity contribution in [2.75, 3.05) is 7.05 Å². The first-order valence-electron chi connectivity index (χ1n) is 7.07. The lowest BCUT2D eigenvalue weighted by Crippen LogP contribution is -2.28. The maximum absolute atomic E-state index is 13.4. The summed E-state index contributed by atoms with van der Waals surface area (Å²) >= 11 is 0. The van der Waals surface area contributed by atoms with E-state index in [1.54, 1.807) is 0 Å². The highest BCUT2D eigenvalue weighted by atomic mass is 32.2. The van der Waals surface area contributed by atoms with E-state index in [9.17, 15) is 26.0 Å². The molecule has 0 aliphatic rings. The van der Waals surface area contributed by atoms with Gasteiger partial charge < -0.3 is 4.74 Å². The molecule has 0 N–H and O–H groups in total. The molecule has 2 rings (SSSR count). The van der Waals surface area contributed by atoms with Crippen LogP contribution >= 0.6 is 0 Å². The normalized spacial score (nSPS) is 12.4. The predicted molar refractivity (Wildman–Crippen MR) is 82.9 cm³/mol. The molecule has 0 aliphatic carbocycles. The SMILES string of the molecule is Cc1ccc(F)cc1S(=O)(=O)N(C)Cc1ccccc1OC(F)(F)F. The minimum atomic E-state index is -4.90. The Morgan fingerprint density at radius 3 is 2.40 bits per heavy atom. The predicted octanol–water partition coefficient (Wildman–Crippen LogP) is 3.85. The third-order valence-corrected chi connectivity index (χ3v) is 5.38. The summed E-state index contributed by atoms with van der Waals surface area (Å²) < 4.78 is 80.7. The van der Waals surface area contributed by atoms with Crippen LogP contribution in [0.25, 0.3) is 0 Å². The first kappa shape index (κ1) is 19.2. The molecular weight excluding hydrogens is 362 g/mol. The van der Waals surface area contributed by atoms with Gasteiger partial charge in [-0.3, -0.25) is 0 Å². The van der Waals surface area contributed by atoms with Gasteiger partial charge in [0.25, 0.3) is 0 Å². The van der Waals surface area contributed by atoms with E-state index >= 15 is 0 Å². The molecule has 0 saturated heterocycles. The summed E-state index contributed by atoms with van der Waals surface area (Å²) in [6, 6.07) is 8.54. The van der Waals surface area contributed by atoms with Gasteiger partial charge in [0, 0.05) is 19.2 Å². The molecule has 0 heterocycles. The number of nitrogens with zero attached hydrogens (tertiary/aromatic N) is 1. The first-order chi connectivity index (χ1) is 11.5. The summed E-state index contributed by atoms with van der Waals surface area (Å²) in [4.78, 5) is -0.246. The highest BCUT2D eigenvalue weighted by Gasteiger charge is 2.32. The zero-order valence-electron chi connectivity index (χ0n) is 13.3. The molecule has 0 spiro atoms. The van der Waals surface area contributed by atoms with Gasteiger partial charge in [-0.2, -0.15) is 4.31 Å². The first-order valence-corrected chi connectivity index (χ1v) is 8.51. The van der Waals surface area contributed by atoms with E-state index < -0.39 is 28.0 Å².